The molecule has 0 bridgehead atoms. The topological polar surface area (TPSA) is 63.9 Å². The molecule has 56 valence electrons. The first-order chi connectivity index (χ1) is 4.79. The maximum absolute atomic E-state index is 5.53. The van der Waals surface area contributed by atoms with Crippen LogP contribution >= 0.6 is 0 Å². The van der Waals surface area contributed by atoms with Gasteiger partial charge in [-0.15, -0.1) is 5.10 Å². The van der Waals surface area contributed by atoms with E-state index in [9.17, 15) is 0 Å². The molecule has 0 saturated carbocycles. The summed E-state index contributed by atoms with van der Waals surface area (Å²) >= 11 is 0. The first kappa shape index (κ1) is 6.92. The molecule has 0 amide bonds. The van der Waals surface area contributed by atoms with Crippen LogP contribution in [0.5, 0.6) is 5.88 Å². The standard InChI is InChI=1S/C6H11N3O/c1-3-4-5(7)8-9-6(4)10-2/h3H2,1-2H3,(H3,7,8,9). The van der Waals surface area contributed by atoms with E-state index in [1.807, 2.05) is 6.92 Å². The second kappa shape index (κ2) is 2.60. The van der Waals surface area contributed by atoms with Crippen molar-refractivity contribution in [3.05, 3.63) is 5.56 Å². The minimum absolute atomic E-state index is 0.597. The van der Waals surface area contributed by atoms with E-state index < -0.39 is 0 Å². The predicted molar refractivity (Wildman–Crippen MR) is 38.9 cm³/mol. The van der Waals surface area contributed by atoms with E-state index in [0.717, 1.165) is 12.0 Å². The highest BCUT2D eigenvalue weighted by Gasteiger charge is 2.07. The zero-order valence-electron chi connectivity index (χ0n) is 6.14. The van der Waals surface area contributed by atoms with Gasteiger partial charge in [0.1, 0.15) is 5.82 Å². The molecule has 1 aromatic heterocycles. The lowest BCUT2D eigenvalue weighted by Crippen LogP contribution is -1.91. The van der Waals surface area contributed by atoms with Crippen molar-refractivity contribution in [2.45, 2.75) is 13.3 Å². The Hall–Kier alpha value is -1.19. The minimum Gasteiger partial charge on any atom is -0.480 e. The maximum atomic E-state index is 5.53. The minimum atomic E-state index is 0.597. The van der Waals surface area contributed by atoms with Crippen LogP contribution < -0.4 is 10.5 Å². The van der Waals surface area contributed by atoms with Gasteiger partial charge in [0, 0.05) is 0 Å². The van der Waals surface area contributed by atoms with Crippen LogP contribution in [0.15, 0.2) is 0 Å². The van der Waals surface area contributed by atoms with Gasteiger partial charge in [-0.1, -0.05) is 6.92 Å². The van der Waals surface area contributed by atoms with Crippen LogP contribution in [0.2, 0.25) is 0 Å². The molecule has 3 N–H and O–H groups in total. The second-order valence-corrected chi connectivity index (χ2v) is 1.98. The number of ether oxygens (including phenoxy) is 1. The number of aromatic nitrogens is 2. The van der Waals surface area contributed by atoms with Crippen molar-refractivity contribution in [2.75, 3.05) is 12.8 Å². The smallest absolute Gasteiger partial charge is 0.237 e. The first-order valence-corrected chi connectivity index (χ1v) is 3.16. The summed E-state index contributed by atoms with van der Waals surface area (Å²) in [6.07, 6.45) is 0.839. The number of rotatable bonds is 2. The van der Waals surface area contributed by atoms with Crippen LogP contribution in [0, 0.1) is 0 Å². The third kappa shape index (κ3) is 0.920. The molecule has 1 heterocycles. The van der Waals surface area contributed by atoms with Gasteiger partial charge < -0.3 is 10.5 Å². The highest BCUT2D eigenvalue weighted by Crippen LogP contribution is 2.19. The summed E-state index contributed by atoms with van der Waals surface area (Å²) in [4.78, 5) is 0. The van der Waals surface area contributed by atoms with Crippen molar-refractivity contribution >= 4 is 5.82 Å². The lowest BCUT2D eigenvalue weighted by atomic mass is 10.2. The Labute approximate surface area is 59.4 Å². The van der Waals surface area contributed by atoms with Crippen molar-refractivity contribution in [2.24, 2.45) is 0 Å². The van der Waals surface area contributed by atoms with Crippen LogP contribution in [0.1, 0.15) is 12.5 Å². The molecule has 4 heteroatoms. The first-order valence-electron chi connectivity index (χ1n) is 3.16. The van der Waals surface area contributed by atoms with Crippen LogP contribution in [0.4, 0.5) is 5.82 Å². The number of aromatic amines is 1. The Morgan fingerprint density at radius 3 is 2.80 bits per heavy atom. The summed E-state index contributed by atoms with van der Waals surface area (Å²) in [5.74, 6) is 1.19. The molecule has 0 saturated heterocycles. The third-order valence-electron chi connectivity index (χ3n) is 1.41. The second-order valence-electron chi connectivity index (χ2n) is 1.98. The summed E-state index contributed by atoms with van der Waals surface area (Å²) in [6, 6.07) is 0. The molecule has 4 nitrogen and oxygen atoms in total. The number of nitrogens with one attached hydrogen (secondary N) is 1. The van der Waals surface area contributed by atoms with E-state index in [1.165, 1.54) is 0 Å². The maximum Gasteiger partial charge on any atom is 0.237 e. The molecule has 0 aliphatic heterocycles. The highest BCUT2D eigenvalue weighted by molar-refractivity contribution is 5.45. The van der Waals surface area contributed by atoms with E-state index in [4.69, 9.17) is 10.5 Å². The normalized spacial score (nSPS) is 9.80. The van der Waals surface area contributed by atoms with Gasteiger partial charge in [0.05, 0.1) is 12.7 Å². The number of H-pyrrole nitrogens is 1. The monoisotopic (exact) mass is 141 g/mol. The van der Waals surface area contributed by atoms with Crippen LogP contribution in [-0.2, 0) is 6.42 Å². The SMILES string of the molecule is CCc1c(OC)n[nH]c1N. The summed E-state index contributed by atoms with van der Waals surface area (Å²) in [5.41, 5.74) is 6.48. The van der Waals surface area contributed by atoms with E-state index in [-0.39, 0.29) is 0 Å². The Balaban J connectivity index is 3.01. The molecular formula is C6H11N3O. The van der Waals surface area contributed by atoms with Gasteiger partial charge >= 0.3 is 0 Å². The molecule has 0 atom stereocenters. The third-order valence-corrected chi connectivity index (χ3v) is 1.41. The van der Waals surface area contributed by atoms with Crippen molar-refractivity contribution in [3.63, 3.8) is 0 Å². The average Bonchev–Trinajstić information content (AvgIpc) is 2.30. The average molecular weight is 141 g/mol. The molecule has 10 heavy (non-hydrogen) atoms. The van der Waals surface area contributed by atoms with Gasteiger partial charge in [0.15, 0.2) is 0 Å². The van der Waals surface area contributed by atoms with Gasteiger partial charge in [-0.25, -0.2) is 0 Å². The number of nitrogen functional groups attached to an aromatic ring is 1. The summed E-state index contributed by atoms with van der Waals surface area (Å²) < 4.78 is 4.93. The van der Waals surface area contributed by atoms with Crippen molar-refractivity contribution < 1.29 is 4.74 Å². The Morgan fingerprint density at radius 2 is 2.40 bits per heavy atom. The fourth-order valence-corrected chi connectivity index (χ4v) is 0.872. The number of nitrogens with two attached hydrogens (primary N) is 1. The van der Waals surface area contributed by atoms with Crippen LogP contribution in [0.25, 0.3) is 0 Å². The van der Waals surface area contributed by atoms with E-state index in [1.54, 1.807) is 7.11 Å². The number of nitrogens with zero attached hydrogens (tertiary/aromatic N) is 1. The molecular weight excluding hydrogens is 130 g/mol. The Morgan fingerprint density at radius 1 is 1.70 bits per heavy atom. The molecule has 0 aliphatic rings. The van der Waals surface area contributed by atoms with E-state index >= 15 is 0 Å². The molecule has 0 fully saturated rings. The number of hydrogen-bond acceptors (Lipinski definition) is 3. The molecule has 1 rings (SSSR count). The zero-order chi connectivity index (χ0) is 7.56. The molecule has 0 unspecified atom stereocenters. The fourth-order valence-electron chi connectivity index (χ4n) is 0.872. The highest BCUT2D eigenvalue weighted by atomic mass is 16.5. The van der Waals surface area contributed by atoms with Crippen molar-refractivity contribution in [3.8, 4) is 5.88 Å². The molecule has 0 aromatic carbocycles. The Kier molecular flexibility index (Phi) is 1.80. The lowest BCUT2D eigenvalue weighted by Gasteiger charge is -1.95. The summed E-state index contributed by atoms with van der Waals surface area (Å²) in [5, 5.41) is 6.47. The summed E-state index contributed by atoms with van der Waals surface area (Å²) in [6.45, 7) is 2.00. The molecule has 0 aliphatic carbocycles. The molecule has 0 spiro atoms. The quantitative estimate of drug-likeness (QED) is 0.632. The summed E-state index contributed by atoms with van der Waals surface area (Å²) in [7, 11) is 1.58. The van der Waals surface area contributed by atoms with Crippen LogP contribution in [0.3, 0.4) is 0 Å². The van der Waals surface area contributed by atoms with Gasteiger partial charge in [-0.2, -0.15) is 0 Å². The van der Waals surface area contributed by atoms with Crippen LogP contribution in [-0.4, -0.2) is 17.3 Å². The Bertz CT molecular complexity index is 219. The van der Waals surface area contributed by atoms with Crippen molar-refractivity contribution in [1.82, 2.24) is 10.2 Å². The van der Waals surface area contributed by atoms with E-state index in [2.05, 4.69) is 10.2 Å². The number of methoxy groups -OCH3 is 1. The molecule has 1 aromatic rings. The predicted octanol–water partition coefficient (Wildman–Crippen LogP) is 0.563. The van der Waals surface area contributed by atoms with Gasteiger partial charge in [0.2, 0.25) is 5.88 Å². The van der Waals surface area contributed by atoms with Gasteiger partial charge in [0.25, 0.3) is 0 Å². The lowest BCUT2D eigenvalue weighted by molar-refractivity contribution is 0.393. The van der Waals surface area contributed by atoms with Crippen molar-refractivity contribution in [1.29, 1.82) is 0 Å². The zero-order valence-corrected chi connectivity index (χ0v) is 6.14. The van der Waals surface area contributed by atoms with E-state index in [0.29, 0.717) is 11.7 Å². The van der Waals surface area contributed by atoms with Gasteiger partial charge in [-0.05, 0) is 6.42 Å². The fraction of sp³-hybridized carbons (Fsp3) is 0.500. The molecule has 0 radical (unpaired) electrons. The van der Waals surface area contributed by atoms with Gasteiger partial charge in [-0.3, -0.25) is 5.10 Å². The largest absolute Gasteiger partial charge is 0.480 e. The number of hydrogen-bond donors (Lipinski definition) is 2. The number of anilines is 1.